The van der Waals surface area contributed by atoms with Crippen LogP contribution in [0.25, 0.3) is 0 Å². The molecule has 0 aromatic heterocycles. The van der Waals surface area contributed by atoms with E-state index in [-0.39, 0.29) is 25.2 Å². The van der Waals surface area contributed by atoms with Gasteiger partial charge in [-0.1, -0.05) is 339 Å². The lowest BCUT2D eigenvalue weighted by Gasteiger charge is -2.15. The normalized spacial score (nSPS) is 13.1. The molecule has 0 fully saturated rings. The standard InChI is InChI=1S/C79H132O5/c1-3-5-7-9-11-13-15-17-19-21-23-25-27-29-31-33-35-36-37-38-39-40-41-42-44-46-48-50-52-54-56-58-60-62-64-66-68-70-72-74-79(82)84-77(75-80)76-83-78(81)73-71-69-67-65-63-61-59-57-55-53-51-49-47-45-43-34-32-30-28-26-24-22-20-18-16-14-12-10-8-6-4-2/h5-8,11-14,17-20,23-26,29,31,35-36,38-39,41-42,77,80H,3-4,9-10,15-16,21-22,27-28,30,32-34,37,40,43-76H2,1-2H3/b7-5-,8-6-,13-11-,14-12-,19-17-,20-18-,25-23-,26-24-,31-29-,36-35-,39-38-,42-41-. The van der Waals surface area contributed by atoms with Gasteiger partial charge in [0.2, 0.25) is 0 Å². The zero-order valence-electron chi connectivity index (χ0n) is 54.9. The van der Waals surface area contributed by atoms with Gasteiger partial charge in [0.05, 0.1) is 6.61 Å². The summed E-state index contributed by atoms with van der Waals surface area (Å²) in [5, 5.41) is 9.71. The van der Waals surface area contributed by atoms with Crippen LogP contribution in [0, 0.1) is 0 Å². The lowest BCUT2D eigenvalue weighted by Crippen LogP contribution is -2.28. The Labute approximate surface area is 520 Å². The lowest BCUT2D eigenvalue weighted by molar-refractivity contribution is -0.161. The number of hydrogen-bond acceptors (Lipinski definition) is 5. The van der Waals surface area contributed by atoms with Crippen molar-refractivity contribution in [2.75, 3.05) is 13.2 Å². The third-order valence-corrected chi connectivity index (χ3v) is 15.1. The Morgan fingerprint density at radius 2 is 0.476 bits per heavy atom. The van der Waals surface area contributed by atoms with E-state index in [2.05, 4.69) is 160 Å². The predicted molar refractivity (Wildman–Crippen MR) is 371 cm³/mol. The zero-order chi connectivity index (χ0) is 60.5. The Morgan fingerprint density at radius 1 is 0.274 bits per heavy atom. The molecule has 478 valence electrons. The SMILES string of the molecule is CC/C=C\C/C=C\C/C=C\C/C=C\C/C=C\C/C=C\C/C=C\C/C=C\CCCCCCCCCCCCCCCCC(=O)OC(CO)COC(=O)CCCCCCCCCCCCCCCCCCCC/C=C\C/C=C\C/C=C\C/C=C\CC. The Kier molecular flexibility index (Phi) is 69.4. The number of esters is 2. The summed E-state index contributed by atoms with van der Waals surface area (Å²) in [5.41, 5.74) is 0. The van der Waals surface area contributed by atoms with Gasteiger partial charge in [0.25, 0.3) is 0 Å². The summed E-state index contributed by atoms with van der Waals surface area (Å²) in [5.74, 6) is -0.585. The highest BCUT2D eigenvalue weighted by molar-refractivity contribution is 5.70. The van der Waals surface area contributed by atoms with Gasteiger partial charge in [-0.3, -0.25) is 9.59 Å². The van der Waals surface area contributed by atoms with Gasteiger partial charge < -0.3 is 14.6 Å². The number of aliphatic hydroxyl groups is 1. The fourth-order valence-corrected chi connectivity index (χ4v) is 9.92. The van der Waals surface area contributed by atoms with Crippen LogP contribution in [-0.4, -0.2) is 36.4 Å². The average Bonchev–Trinajstić information content (AvgIpc) is 3.51. The van der Waals surface area contributed by atoms with Crippen molar-refractivity contribution in [3.8, 4) is 0 Å². The van der Waals surface area contributed by atoms with E-state index in [1.807, 2.05) is 0 Å². The number of hydrogen-bond donors (Lipinski definition) is 1. The number of rotatable bonds is 64. The van der Waals surface area contributed by atoms with Gasteiger partial charge in [-0.2, -0.15) is 0 Å². The first-order valence-electron chi connectivity index (χ1n) is 35.4. The minimum atomic E-state index is -0.781. The molecule has 0 bridgehead atoms. The fraction of sp³-hybridized carbons (Fsp3) is 0.671. The Bertz CT molecular complexity index is 1750. The molecule has 0 aromatic rings. The van der Waals surface area contributed by atoms with Crippen LogP contribution < -0.4 is 0 Å². The molecule has 5 heteroatoms. The quantitative estimate of drug-likeness (QED) is 0.0373. The van der Waals surface area contributed by atoms with Crippen molar-refractivity contribution in [3.05, 3.63) is 146 Å². The molecule has 0 aliphatic heterocycles. The van der Waals surface area contributed by atoms with E-state index in [0.29, 0.717) is 12.8 Å². The van der Waals surface area contributed by atoms with E-state index in [4.69, 9.17) is 9.47 Å². The van der Waals surface area contributed by atoms with E-state index in [9.17, 15) is 14.7 Å². The first-order chi connectivity index (χ1) is 41.6. The summed E-state index contributed by atoms with van der Waals surface area (Å²) in [6.07, 6.45) is 110. The van der Waals surface area contributed by atoms with Crippen LogP contribution in [0.1, 0.15) is 322 Å². The molecule has 0 rings (SSSR count). The Balaban J connectivity index is 3.49. The molecule has 84 heavy (non-hydrogen) atoms. The highest BCUT2D eigenvalue weighted by Crippen LogP contribution is 2.17. The van der Waals surface area contributed by atoms with Gasteiger partial charge >= 0.3 is 11.9 Å². The minimum absolute atomic E-state index is 0.0692. The van der Waals surface area contributed by atoms with Gasteiger partial charge in [-0.25, -0.2) is 0 Å². The van der Waals surface area contributed by atoms with Crippen LogP contribution in [0.4, 0.5) is 0 Å². The Morgan fingerprint density at radius 3 is 0.714 bits per heavy atom. The number of unbranched alkanes of at least 4 members (excludes halogenated alkanes) is 32. The molecule has 1 unspecified atom stereocenters. The zero-order valence-corrected chi connectivity index (χ0v) is 54.9. The molecule has 0 aliphatic carbocycles. The summed E-state index contributed by atoms with van der Waals surface area (Å²) in [7, 11) is 0. The second kappa shape index (κ2) is 73.0. The second-order valence-corrected chi connectivity index (χ2v) is 23.2. The highest BCUT2D eigenvalue weighted by Gasteiger charge is 2.16. The third kappa shape index (κ3) is 70.3. The van der Waals surface area contributed by atoms with Gasteiger partial charge in [0.1, 0.15) is 6.61 Å². The van der Waals surface area contributed by atoms with Gasteiger partial charge in [0, 0.05) is 12.8 Å². The van der Waals surface area contributed by atoms with Crippen molar-refractivity contribution in [2.24, 2.45) is 0 Å². The molecule has 5 nitrogen and oxygen atoms in total. The van der Waals surface area contributed by atoms with Crippen molar-refractivity contribution >= 4 is 11.9 Å². The summed E-state index contributed by atoms with van der Waals surface area (Å²) in [4.78, 5) is 24.7. The molecule has 1 atom stereocenters. The maximum absolute atomic E-state index is 12.4. The van der Waals surface area contributed by atoms with Crippen LogP contribution >= 0.6 is 0 Å². The van der Waals surface area contributed by atoms with Crippen molar-refractivity contribution in [1.82, 2.24) is 0 Å². The molecule has 0 saturated carbocycles. The van der Waals surface area contributed by atoms with Gasteiger partial charge in [0.15, 0.2) is 6.10 Å². The van der Waals surface area contributed by atoms with E-state index in [1.165, 1.54) is 180 Å². The minimum Gasteiger partial charge on any atom is -0.462 e. The van der Waals surface area contributed by atoms with Crippen LogP contribution in [-0.2, 0) is 19.1 Å². The molecule has 1 N–H and O–H groups in total. The first-order valence-corrected chi connectivity index (χ1v) is 35.4. The second-order valence-electron chi connectivity index (χ2n) is 23.2. The van der Waals surface area contributed by atoms with Crippen LogP contribution in [0.3, 0.4) is 0 Å². The summed E-state index contributed by atoms with van der Waals surface area (Å²) < 4.78 is 10.8. The largest absolute Gasteiger partial charge is 0.462 e. The molecule has 0 saturated heterocycles. The van der Waals surface area contributed by atoms with E-state index in [1.54, 1.807) is 0 Å². The number of ether oxygens (including phenoxy) is 2. The smallest absolute Gasteiger partial charge is 0.306 e. The summed E-state index contributed by atoms with van der Waals surface area (Å²) in [6, 6.07) is 0. The van der Waals surface area contributed by atoms with Gasteiger partial charge in [-0.15, -0.1) is 0 Å². The van der Waals surface area contributed by atoms with Gasteiger partial charge in [-0.05, 0) is 116 Å². The molecule has 0 aliphatic rings. The van der Waals surface area contributed by atoms with E-state index < -0.39 is 6.10 Å². The van der Waals surface area contributed by atoms with Crippen molar-refractivity contribution in [2.45, 2.75) is 328 Å². The topological polar surface area (TPSA) is 72.8 Å². The number of allylic oxidation sites excluding steroid dienone is 24. The number of carbonyl (C=O) groups is 2. The molecule has 0 radical (unpaired) electrons. The third-order valence-electron chi connectivity index (χ3n) is 15.1. The van der Waals surface area contributed by atoms with Crippen LogP contribution in [0.5, 0.6) is 0 Å². The molecule has 0 aromatic carbocycles. The van der Waals surface area contributed by atoms with Crippen LogP contribution in [0.2, 0.25) is 0 Å². The molecular weight excluding hydrogens is 1030 g/mol. The molecule has 0 amide bonds. The Hall–Kier alpha value is -4.22. The monoisotopic (exact) mass is 1160 g/mol. The summed E-state index contributed by atoms with van der Waals surface area (Å²) in [6.45, 7) is 3.94. The van der Waals surface area contributed by atoms with E-state index in [0.717, 1.165) is 116 Å². The highest BCUT2D eigenvalue weighted by atomic mass is 16.6. The molecule has 0 spiro atoms. The molecule has 0 heterocycles. The lowest BCUT2D eigenvalue weighted by atomic mass is 10.0. The van der Waals surface area contributed by atoms with E-state index >= 15 is 0 Å². The molecular formula is C79H132O5. The summed E-state index contributed by atoms with van der Waals surface area (Å²) >= 11 is 0. The number of carbonyl (C=O) groups excluding carboxylic acids is 2. The maximum Gasteiger partial charge on any atom is 0.306 e. The fourth-order valence-electron chi connectivity index (χ4n) is 9.92. The maximum atomic E-state index is 12.4. The average molecular weight is 1160 g/mol. The van der Waals surface area contributed by atoms with Crippen molar-refractivity contribution in [3.63, 3.8) is 0 Å². The first kappa shape index (κ1) is 79.8. The number of aliphatic hydroxyl groups excluding tert-OH is 1. The van der Waals surface area contributed by atoms with Crippen molar-refractivity contribution < 1.29 is 24.2 Å². The van der Waals surface area contributed by atoms with Crippen molar-refractivity contribution in [1.29, 1.82) is 0 Å². The van der Waals surface area contributed by atoms with Crippen LogP contribution in [0.15, 0.2) is 146 Å². The predicted octanol–water partition coefficient (Wildman–Crippen LogP) is 24.9.